The quantitative estimate of drug-likeness (QED) is 0.831. The fourth-order valence-electron chi connectivity index (χ4n) is 1.71. The van der Waals surface area contributed by atoms with E-state index >= 15 is 0 Å². The van der Waals surface area contributed by atoms with Crippen LogP contribution >= 0.6 is 0 Å². The minimum atomic E-state index is 0.173. The smallest absolute Gasteiger partial charge is 0.134 e. The van der Waals surface area contributed by atoms with Crippen LogP contribution in [0.3, 0.4) is 0 Å². The third-order valence-corrected chi connectivity index (χ3v) is 2.41. The SMILES string of the molecule is COc1ccc2c(CC(C)=O)c[nH]c2c1. The molecule has 0 fully saturated rings. The third-order valence-electron chi connectivity index (χ3n) is 2.41. The molecule has 2 rings (SSSR count). The summed E-state index contributed by atoms with van der Waals surface area (Å²) in [5.74, 6) is 0.991. The van der Waals surface area contributed by atoms with Crippen LogP contribution in [0.25, 0.3) is 10.9 Å². The second kappa shape index (κ2) is 3.77. The van der Waals surface area contributed by atoms with E-state index in [9.17, 15) is 4.79 Å². The van der Waals surface area contributed by atoms with E-state index in [1.54, 1.807) is 14.0 Å². The van der Waals surface area contributed by atoms with E-state index in [2.05, 4.69) is 4.98 Å². The minimum absolute atomic E-state index is 0.173. The van der Waals surface area contributed by atoms with Crippen LogP contribution in [0.2, 0.25) is 0 Å². The Kier molecular flexibility index (Phi) is 2.46. The molecule has 78 valence electrons. The summed E-state index contributed by atoms with van der Waals surface area (Å²) in [5.41, 5.74) is 2.05. The van der Waals surface area contributed by atoms with Crippen LogP contribution in [-0.2, 0) is 11.2 Å². The molecule has 0 aliphatic heterocycles. The zero-order valence-electron chi connectivity index (χ0n) is 8.83. The molecule has 1 aromatic heterocycles. The van der Waals surface area contributed by atoms with Crippen LogP contribution in [0.5, 0.6) is 5.75 Å². The predicted molar refractivity (Wildman–Crippen MR) is 59.2 cm³/mol. The van der Waals surface area contributed by atoms with Crippen molar-refractivity contribution in [2.75, 3.05) is 7.11 Å². The van der Waals surface area contributed by atoms with Gasteiger partial charge in [-0.25, -0.2) is 0 Å². The van der Waals surface area contributed by atoms with Gasteiger partial charge in [-0.15, -0.1) is 0 Å². The van der Waals surface area contributed by atoms with Gasteiger partial charge in [-0.05, 0) is 24.6 Å². The molecule has 1 N–H and O–H groups in total. The maximum atomic E-state index is 11.0. The van der Waals surface area contributed by atoms with Gasteiger partial charge in [0, 0.05) is 29.6 Å². The number of ether oxygens (including phenoxy) is 1. The molecule has 15 heavy (non-hydrogen) atoms. The number of hydrogen-bond donors (Lipinski definition) is 1. The fourth-order valence-corrected chi connectivity index (χ4v) is 1.71. The number of aromatic nitrogens is 1. The molecule has 0 aliphatic rings. The monoisotopic (exact) mass is 203 g/mol. The highest BCUT2D eigenvalue weighted by Gasteiger charge is 2.06. The lowest BCUT2D eigenvalue weighted by molar-refractivity contribution is -0.116. The van der Waals surface area contributed by atoms with E-state index in [-0.39, 0.29) is 5.78 Å². The Hall–Kier alpha value is -1.77. The van der Waals surface area contributed by atoms with Crippen molar-refractivity contribution in [3.05, 3.63) is 30.0 Å². The van der Waals surface area contributed by atoms with E-state index < -0.39 is 0 Å². The summed E-state index contributed by atoms with van der Waals surface area (Å²) >= 11 is 0. The first-order valence-corrected chi connectivity index (χ1v) is 4.84. The first-order chi connectivity index (χ1) is 7.20. The summed E-state index contributed by atoms with van der Waals surface area (Å²) in [6.45, 7) is 1.60. The standard InChI is InChI=1S/C12H13NO2/c1-8(14)5-9-7-13-12-6-10(15-2)3-4-11(9)12/h3-4,6-7,13H,5H2,1-2H3. The molecule has 0 spiro atoms. The Labute approximate surface area is 88.1 Å². The van der Waals surface area contributed by atoms with Gasteiger partial charge in [0.1, 0.15) is 11.5 Å². The molecule has 1 aromatic carbocycles. The molecule has 3 nitrogen and oxygen atoms in total. The molecule has 2 aromatic rings. The Morgan fingerprint density at radius 2 is 2.27 bits per heavy atom. The lowest BCUT2D eigenvalue weighted by Gasteiger charge is -1.99. The topological polar surface area (TPSA) is 42.1 Å². The maximum Gasteiger partial charge on any atom is 0.134 e. The van der Waals surface area contributed by atoms with Crippen molar-refractivity contribution in [2.45, 2.75) is 13.3 Å². The molecule has 0 saturated heterocycles. The summed E-state index contributed by atoms with van der Waals surface area (Å²) in [4.78, 5) is 14.2. The lowest BCUT2D eigenvalue weighted by atomic mass is 10.1. The van der Waals surface area contributed by atoms with Crippen molar-refractivity contribution in [1.82, 2.24) is 4.98 Å². The van der Waals surface area contributed by atoms with Crippen LogP contribution in [0, 0.1) is 0 Å². The molecule has 0 bridgehead atoms. The van der Waals surface area contributed by atoms with Crippen molar-refractivity contribution in [1.29, 1.82) is 0 Å². The van der Waals surface area contributed by atoms with E-state index in [4.69, 9.17) is 4.74 Å². The lowest BCUT2D eigenvalue weighted by Crippen LogP contribution is -1.94. The number of rotatable bonds is 3. The largest absolute Gasteiger partial charge is 0.497 e. The van der Waals surface area contributed by atoms with Crippen molar-refractivity contribution >= 4 is 16.7 Å². The normalized spacial score (nSPS) is 10.5. The number of benzene rings is 1. The molecule has 1 heterocycles. The number of fused-ring (bicyclic) bond motifs is 1. The van der Waals surface area contributed by atoms with Crippen molar-refractivity contribution in [3.63, 3.8) is 0 Å². The average Bonchev–Trinajstić information content (AvgIpc) is 2.60. The minimum Gasteiger partial charge on any atom is -0.497 e. The second-order valence-electron chi connectivity index (χ2n) is 3.60. The summed E-state index contributed by atoms with van der Waals surface area (Å²) in [7, 11) is 1.64. The first-order valence-electron chi connectivity index (χ1n) is 4.84. The highest BCUT2D eigenvalue weighted by atomic mass is 16.5. The third kappa shape index (κ3) is 1.86. The Balaban J connectivity index is 2.47. The molecule has 3 heteroatoms. The van der Waals surface area contributed by atoms with Gasteiger partial charge < -0.3 is 9.72 Å². The summed E-state index contributed by atoms with van der Waals surface area (Å²) in [6.07, 6.45) is 2.36. The maximum absolute atomic E-state index is 11.0. The zero-order chi connectivity index (χ0) is 10.8. The van der Waals surface area contributed by atoms with E-state index in [0.29, 0.717) is 6.42 Å². The second-order valence-corrected chi connectivity index (χ2v) is 3.60. The van der Waals surface area contributed by atoms with Gasteiger partial charge in [0.2, 0.25) is 0 Å². The molecule has 0 amide bonds. The number of H-pyrrole nitrogens is 1. The van der Waals surface area contributed by atoms with Crippen molar-refractivity contribution in [3.8, 4) is 5.75 Å². The van der Waals surface area contributed by atoms with E-state index in [0.717, 1.165) is 22.2 Å². The number of ketones is 1. The van der Waals surface area contributed by atoms with Gasteiger partial charge in [-0.2, -0.15) is 0 Å². The number of carbonyl (C=O) groups is 1. The summed E-state index contributed by atoms with van der Waals surface area (Å²) < 4.78 is 5.13. The zero-order valence-corrected chi connectivity index (χ0v) is 8.83. The first kappa shape index (κ1) is 9.77. The number of aromatic amines is 1. The molecule has 0 radical (unpaired) electrons. The number of Topliss-reactive ketones (excluding diaryl/α,β-unsaturated/α-hetero) is 1. The molecule has 0 saturated carbocycles. The van der Waals surface area contributed by atoms with Gasteiger partial charge in [0.25, 0.3) is 0 Å². The highest BCUT2D eigenvalue weighted by Crippen LogP contribution is 2.23. The highest BCUT2D eigenvalue weighted by molar-refractivity contribution is 5.89. The van der Waals surface area contributed by atoms with Gasteiger partial charge in [0.15, 0.2) is 0 Å². The summed E-state index contributed by atoms with van der Waals surface area (Å²) in [5, 5.41) is 1.09. The number of carbonyl (C=O) groups excluding carboxylic acids is 1. The van der Waals surface area contributed by atoms with Crippen LogP contribution in [0.15, 0.2) is 24.4 Å². The van der Waals surface area contributed by atoms with Gasteiger partial charge >= 0.3 is 0 Å². The van der Waals surface area contributed by atoms with Crippen LogP contribution < -0.4 is 4.74 Å². The Bertz CT molecular complexity index is 499. The number of nitrogens with one attached hydrogen (secondary N) is 1. The molecule has 0 atom stereocenters. The van der Waals surface area contributed by atoms with Crippen molar-refractivity contribution in [2.24, 2.45) is 0 Å². The van der Waals surface area contributed by atoms with Gasteiger partial charge in [-0.1, -0.05) is 0 Å². The van der Waals surface area contributed by atoms with Crippen molar-refractivity contribution < 1.29 is 9.53 Å². The van der Waals surface area contributed by atoms with E-state index in [1.165, 1.54) is 0 Å². The molecule has 0 unspecified atom stereocenters. The van der Waals surface area contributed by atoms with E-state index in [1.807, 2.05) is 24.4 Å². The van der Waals surface area contributed by atoms with Crippen LogP contribution in [-0.4, -0.2) is 17.9 Å². The molecular weight excluding hydrogens is 190 g/mol. The molecular formula is C12H13NO2. The average molecular weight is 203 g/mol. The van der Waals surface area contributed by atoms with Crippen LogP contribution in [0.4, 0.5) is 0 Å². The van der Waals surface area contributed by atoms with Gasteiger partial charge in [-0.3, -0.25) is 4.79 Å². The van der Waals surface area contributed by atoms with Gasteiger partial charge in [0.05, 0.1) is 7.11 Å². The fraction of sp³-hybridized carbons (Fsp3) is 0.250. The predicted octanol–water partition coefficient (Wildman–Crippen LogP) is 2.31. The number of methoxy groups -OCH3 is 1. The Morgan fingerprint density at radius 3 is 2.93 bits per heavy atom. The number of hydrogen-bond acceptors (Lipinski definition) is 2. The van der Waals surface area contributed by atoms with Crippen LogP contribution in [0.1, 0.15) is 12.5 Å². The molecule has 0 aliphatic carbocycles. The Morgan fingerprint density at radius 1 is 1.47 bits per heavy atom. The summed E-state index contributed by atoms with van der Waals surface area (Å²) in [6, 6.07) is 5.81.